The molecule has 1 aliphatic heterocycles. The molecule has 1 aliphatic rings. The van der Waals surface area contributed by atoms with E-state index >= 15 is 0 Å². The van der Waals surface area contributed by atoms with Crippen LogP contribution < -0.4 is 0 Å². The number of likely N-dealkylation sites (tertiary alicyclic amines) is 1. The van der Waals surface area contributed by atoms with Crippen molar-refractivity contribution in [3.8, 4) is 0 Å². The number of imidazole rings is 1. The summed E-state index contributed by atoms with van der Waals surface area (Å²) >= 11 is 0. The maximum absolute atomic E-state index is 12.7. The van der Waals surface area contributed by atoms with Crippen LogP contribution in [0.4, 0.5) is 0 Å². The summed E-state index contributed by atoms with van der Waals surface area (Å²) in [5, 5.41) is 0. The van der Waals surface area contributed by atoms with Gasteiger partial charge in [-0.15, -0.1) is 0 Å². The van der Waals surface area contributed by atoms with E-state index in [0.29, 0.717) is 31.1 Å². The monoisotopic (exact) mass is 307 g/mol. The van der Waals surface area contributed by atoms with Gasteiger partial charge in [0, 0.05) is 24.9 Å². The zero-order valence-electron chi connectivity index (χ0n) is 13.8. The van der Waals surface area contributed by atoms with Gasteiger partial charge in [0.25, 0.3) is 5.91 Å². The Bertz CT molecular complexity index is 537. The first-order valence-electron chi connectivity index (χ1n) is 7.73. The molecule has 0 saturated carbocycles. The zero-order chi connectivity index (χ0) is 16.3. The molecule has 1 aromatic heterocycles. The molecule has 1 fully saturated rings. The average Bonchev–Trinajstić information content (AvgIpc) is 2.96. The summed E-state index contributed by atoms with van der Waals surface area (Å²) in [7, 11) is 1.41. The molecular formula is C16H25N3O3. The van der Waals surface area contributed by atoms with Crippen LogP contribution in [0.5, 0.6) is 0 Å². The summed E-state index contributed by atoms with van der Waals surface area (Å²) in [5.74, 6) is 0.104. The molecule has 6 heteroatoms. The van der Waals surface area contributed by atoms with Gasteiger partial charge in [-0.2, -0.15) is 0 Å². The van der Waals surface area contributed by atoms with Gasteiger partial charge in [0.15, 0.2) is 0 Å². The van der Waals surface area contributed by atoms with Crippen molar-refractivity contribution in [3.63, 3.8) is 0 Å². The van der Waals surface area contributed by atoms with Crippen LogP contribution in [0.1, 0.15) is 56.2 Å². The van der Waals surface area contributed by atoms with Crippen molar-refractivity contribution in [3.05, 3.63) is 17.7 Å². The lowest BCUT2D eigenvalue weighted by Crippen LogP contribution is -2.40. The number of nitrogens with zero attached hydrogens (tertiary/aromatic N) is 2. The van der Waals surface area contributed by atoms with Gasteiger partial charge >= 0.3 is 5.97 Å². The minimum atomic E-state index is -0.174. The van der Waals surface area contributed by atoms with E-state index in [0.717, 1.165) is 18.5 Å². The topological polar surface area (TPSA) is 75.3 Å². The second-order valence-corrected chi connectivity index (χ2v) is 6.89. The Kier molecular flexibility index (Phi) is 4.88. The highest BCUT2D eigenvalue weighted by atomic mass is 16.5. The molecule has 0 spiro atoms. The third kappa shape index (κ3) is 3.67. The second kappa shape index (κ2) is 6.50. The number of aromatic amines is 1. The van der Waals surface area contributed by atoms with Crippen molar-refractivity contribution in [2.75, 3.05) is 20.2 Å². The predicted molar refractivity (Wildman–Crippen MR) is 82.5 cm³/mol. The number of methoxy groups -OCH3 is 1. The summed E-state index contributed by atoms with van der Waals surface area (Å²) in [4.78, 5) is 33.1. The maximum atomic E-state index is 12.7. The number of esters is 1. The molecule has 1 aromatic rings. The molecule has 22 heavy (non-hydrogen) atoms. The Morgan fingerprint density at radius 2 is 2.00 bits per heavy atom. The Morgan fingerprint density at radius 1 is 1.36 bits per heavy atom. The lowest BCUT2D eigenvalue weighted by atomic mass is 9.89. The van der Waals surface area contributed by atoms with E-state index in [1.54, 1.807) is 6.33 Å². The Morgan fingerprint density at radius 3 is 2.55 bits per heavy atom. The van der Waals surface area contributed by atoms with E-state index in [4.69, 9.17) is 4.74 Å². The Hall–Kier alpha value is -1.85. The number of piperidine rings is 1. The third-order valence-electron chi connectivity index (χ3n) is 4.18. The Labute approximate surface area is 131 Å². The number of aromatic nitrogens is 2. The molecular weight excluding hydrogens is 282 g/mol. The molecule has 0 unspecified atom stereocenters. The van der Waals surface area contributed by atoms with Gasteiger partial charge < -0.3 is 14.6 Å². The predicted octanol–water partition coefficient (Wildman–Crippen LogP) is 2.12. The molecule has 2 heterocycles. The van der Waals surface area contributed by atoms with Crippen molar-refractivity contribution in [1.82, 2.24) is 14.9 Å². The fourth-order valence-electron chi connectivity index (χ4n) is 2.84. The van der Waals surface area contributed by atoms with E-state index in [1.165, 1.54) is 7.11 Å². The lowest BCUT2D eigenvalue weighted by Gasteiger charge is -2.31. The van der Waals surface area contributed by atoms with Crippen LogP contribution in [-0.2, 0) is 14.9 Å². The largest absolute Gasteiger partial charge is 0.469 e. The van der Waals surface area contributed by atoms with E-state index in [9.17, 15) is 9.59 Å². The molecule has 1 saturated heterocycles. The standard InChI is InChI=1S/C16H25N3O3/c1-16(2,3)14-13(17-10-18-14)15(21)19-7-5-11(6-8-19)9-12(20)22-4/h10-11H,5-9H2,1-4H3,(H,17,18). The van der Waals surface area contributed by atoms with Crippen molar-refractivity contribution in [1.29, 1.82) is 0 Å². The van der Waals surface area contributed by atoms with Crippen LogP contribution in [0.25, 0.3) is 0 Å². The van der Waals surface area contributed by atoms with Crippen LogP contribution in [0.3, 0.4) is 0 Å². The molecule has 0 aliphatic carbocycles. The molecule has 1 N–H and O–H groups in total. The zero-order valence-corrected chi connectivity index (χ0v) is 13.8. The maximum Gasteiger partial charge on any atom is 0.305 e. The SMILES string of the molecule is COC(=O)CC1CCN(C(=O)c2nc[nH]c2C(C)(C)C)CC1. The highest BCUT2D eigenvalue weighted by molar-refractivity contribution is 5.93. The normalized spacial score (nSPS) is 16.6. The number of carbonyl (C=O) groups excluding carboxylic acids is 2. The fourth-order valence-corrected chi connectivity index (χ4v) is 2.84. The first kappa shape index (κ1) is 16.5. The number of hydrogen-bond acceptors (Lipinski definition) is 4. The summed E-state index contributed by atoms with van der Waals surface area (Å²) in [5.41, 5.74) is 1.23. The lowest BCUT2D eigenvalue weighted by molar-refractivity contribution is -0.142. The van der Waals surface area contributed by atoms with Crippen LogP contribution in [0.15, 0.2) is 6.33 Å². The first-order valence-corrected chi connectivity index (χ1v) is 7.73. The molecule has 0 aromatic carbocycles. The number of amides is 1. The van der Waals surface area contributed by atoms with Gasteiger partial charge in [-0.1, -0.05) is 20.8 Å². The molecule has 0 atom stereocenters. The number of H-pyrrole nitrogens is 1. The van der Waals surface area contributed by atoms with Crippen molar-refractivity contribution < 1.29 is 14.3 Å². The van der Waals surface area contributed by atoms with Crippen LogP contribution in [-0.4, -0.2) is 46.9 Å². The molecule has 122 valence electrons. The van der Waals surface area contributed by atoms with Crippen LogP contribution in [0.2, 0.25) is 0 Å². The molecule has 2 rings (SSSR count). The first-order chi connectivity index (χ1) is 10.3. The van der Waals surface area contributed by atoms with E-state index in [1.807, 2.05) is 4.90 Å². The molecule has 1 amide bonds. The summed E-state index contributed by atoms with van der Waals surface area (Å²) < 4.78 is 4.71. The van der Waals surface area contributed by atoms with Gasteiger partial charge in [0.2, 0.25) is 0 Å². The molecule has 0 radical (unpaired) electrons. The Balaban J connectivity index is 1.99. The van der Waals surface area contributed by atoms with Crippen LogP contribution >= 0.6 is 0 Å². The highest BCUT2D eigenvalue weighted by Crippen LogP contribution is 2.26. The van der Waals surface area contributed by atoms with Gasteiger partial charge in [-0.3, -0.25) is 9.59 Å². The molecule has 0 bridgehead atoms. The van der Waals surface area contributed by atoms with Crippen molar-refractivity contribution >= 4 is 11.9 Å². The summed E-state index contributed by atoms with van der Waals surface area (Å²) in [6.45, 7) is 7.49. The average molecular weight is 307 g/mol. The minimum absolute atomic E-state index is 0.0253. The van der Waals surface area contributed by atoms with Crippen molar-refractivity contribution in [2.24, 2.45) is 5.92 Å². The summed E-state index contributed by atoms with van der Waals surface area (Å²) in [6, 6.07) is 0. The quantitative estimate of drug-likeness (QED) is 0.868. The number of carbonyl (C=O) groups is 2. The number of hydrogen-bond donors (Lipinski definition) is 1. The number of nitrogens with one attached hydrogen (secondary N) is 1. The summed E-state index contributed by atoms with van der Waals surface area (Å²) in [6.07, 6.45) is 3.68. The van der Waals surface area contributed by atoms with E-state index in [2.05, 4.69) is 30.7 Å². The highest BCUT2D eigenvalue weighted by Gasteiger charge is 2.30. The van der Waals surface area contributed by atoms with Gasteiger partial charge in [0.1, 0.15) is 5.69 Å². The fraction of sp³-hybridized carbons (Fsp3) is 0.688. The minimum Gasteiger partial charge on any atom is -0.469 e. The number of rotatable bonds is 3. The van der Waals surface area contributed by atoms with Gasteiger partial charge in [-0.25, -0.2) is 4.98 Å². The van der Waals surface area contributed by atoms with Crippen LogP contribution in [0, 0.1) is 5.92 Å². The van der Waals surface area contributed by atoms with Gasteiger partial charge in [-0.05, 0) is 18.8 Å². The van der Waals surface area contributed by atoms with Crippen molar-refractivity contribution in [2.45, 2.75) is 45.4 Å². The third-order valence-corrected chi connectivity index (χ3v) is 4.18. The smallest absolute Gasteiger partial charge is 0.305 e. The van der Waals surface area contributed by atoms with Gasteiger partial charge in [0.05, 0.1) is 19.1 Å². The second-order valence-electron chi connectivity index (χ2n) is 6.89. The molecule has 6 nitrogen and oxygen atoms in total. The number of ether oxygens (including phenoxy) is 1. The van der Waals surface area contributed by atoms with E-state index in [-0.39, 0.29) is 17.3 Å². The van der Waals surface area contributed by atoms with E-state index < -0.39 is 0 Å².